The molecular weight excluding hydrogens is 314 g/mol. The molecule has 0 saturated heterocycles. The summed E-state index contributed by atoms with van der Waals surface area (Å²) in [5.74, 6) is 0.606. The zero-order valence-corrected chi connectivity index (χ0v) is 12.1. The van der Waals surface area contributed by atoms with E-state index in [1.165, 1.54) is 6.26 Å². The van der Waals surface area contributed by atoms with E-state index in [9.17, 15) is 4.79 Å². The lowest BCUT2D eigenvalue weighted by Gasteiger charge is -2.20. The van der Waals surface area contributed by atoms with Crippen molar-refractivity contribution in [3.8, 4) is 0 Å². The Morgan fingerprint density at radius 1 is 1.47 bits per heavy atom. The minimum atomic E-state index is -0.122. The molecule has 2 aromatic heterocycles. The Morgan fingerprint density at radius 2 is 2.32 bits per heavy atom. The number of halogens is 1. The maximum absolute atomic E-state index is 12.3. The summed E-state index contributed by atoms with van der Waals surface area (Å²) in [7, 11) is 1.60. The third-order valence-corrected chi connectivity index (χ3v) is 3.01. The normalized spacial score (nSPS) is 10.6. The topological polar surface area (TPSA) is 55.8 Å². The second-order valence-corrected chi connectivity index (χ2v) is 4.72. The van der Waals surface area contributed by atoms with Crippen LogP contribution in [0.25, 0.3) is 0 Å². The van der Waals surface area contributed by atoms with Crippen molar-refractivity contribution in [2.24, 2.45) is 0 Å². The van der Waals surface area contributed by atoms with Crippen molar-refractivity contribution >= 4 is 21.8 Å². The molecule has 2 aromatic rings. The highest BCUT2D eigenvalue weighted by Gasteiger charge is 2.18. The highest BCUT2D eigenvalue weighted by atomic mass is 79.9. The highest BCUT2D eigenvalue weighted by Crippen LogP contribution is 2.17. The zero-order valence-electron chi connectivity index (χ0n) is 10.5. The Balaban J connectivity index is 2.10. The first-order valence-corrected chi connectivity index (χ1v) is 6.54. The minimum absolute atomic E-state index is 0.122. The summed E-state index contributed by atoms with van der Waals surface area (Å²) >= 11 is 3.18. The average molecular weight is 328 g/mol. The van der Waals surface area contributed by atoms with E-state index in [0.29, 0.717) is 29.9 Å². The van der Waals surface area contributed by atoms with Crippen LogP contribution < -0.4 is 0 Å². The van der Waals surface area contributed by atoms with Gasteiger partial charge in [0.05, 0.1) is 25.0 Å². The second-order valence-electron chi connectivity index (χ2n) is 3.94. The van der Waals surface area contributed by atoms with Crippen molar-refractivity contribution in [2.75, 3.05) is 20.3 Å². The Bertz CT molecular complexity index is 520. The van der Waals surface area contributed by atoms with Gasteiger partial charge in [-0.05, 0) is 28.1 Å². The molecule has 6 heteroatoms. The van der Waals surface area contributed by atoms with Gasteiger partial charge in [0.15, 0.2) is 4.67 Å². The third kappa shape index (κ3) is 3.71. The summed E-state index contributed by atoms with van der Waals surface area (Å²) in [6.07, 6.45) is 3.01. The van der Waals surface area contributed by atoms with Crippen LogP contribution in [-0.2, 0) is 11.3 Å². The molecule has 0 unspecified atom stereocenters. The van der Waals surface area contributed by atoms with Gasteiger partial charge in [-0.2, -0.15) is 0 Å². The number of ether oxygens (including phenoxy) is 1. The van der Waals surface area contributed by atoms with E-state index >= 15 is 0 Å². The van der Waals surface area contributed by atoms with E-state index < -0.39 is 0 Å². The van der Waals surface area contributed by atoms with Gasteiger partial charge in [-0.1, -0.05) is 0 Å². The van der Waals surface area contributed by atoms with E-state index in [1.54, 1.807) is 30.4 Å². The quantitative estimate of drug-likeness (QED) is 0.818. The standard InChI is InChI=1S/C13H14BrNO4/c1-17-6-4-15(8-11-3-2-5-18-11)13(16)10-7-12(14)19-9-10/h2-3,5,7,9H,4,6,8H2,1H3. The van der Waals surface area contributed by atoms with E-state index in [0.717, 1.165) is 5.76 Å². The fourth-order valence-corrected chi connectivity index (χ4v) is 1.99. The lowest BCUT2D eigenvalue weighted by molar-refractivity contribution is 0.0666. The lowest BCUT2D eigenvalue weighted by Crippen LogP contribution is -2.33. The van der Waals surface area contributed by atoms with Gasteiger partial charge in [0.1, 0.15) is 12.0 Å². The first-order chi connectivity index (χ1) is 9.20. The van der Waals surface area contributed by atoms with Crippen LogP contribution >= 0.6 is 15.9 Å². The first kappa shape index (κ1) is 13.9. The molecule has 0 fully saturated rings. The molecule has 0 radical (unpaired) electrons. The summed E-state index contributed by atoms with van der Waals surface area (Å²) in [5, 5.41) is 0. The number of carbonyl (C=O) groups is 1. The summed E-state index contributed by atoms with van der Waals surface area (Å²) in [5.41, 5.74) is 0.495. The average Bonchev–Trinajstić information content (AvgIpc) is 3.05. The Labute approximate surface area is 119 Å². The number of methoxy groups -OCH3 is 1. The highest BCUT2D eigenvalue weighted by molar-refractivity contribution is 9.10. The molecule has 0 aromatic carbocycles. The fourth-order valence-electron chi connectivity index (χ4n) is 1.65. The van der Waals surface area contributed by atoms with Crippen LogP contribution in [0.3, 0.4) is 0 Å². The summed E-state index contributed by atoms with van der Waals surface area (Å²) in [6, 6.07) is 5.27. The van der Waals surface area contributed by atoms with Gasteiger partial charge < -0.3 is 18.5 Å². The number of hydrogen-bond donors (Lipinski definition) is 0. The Morgan fingerprint density at radius 3 is 2.89 bits per heavy atom. The van der Waals surface area contributed by atoms with Gasteiger partial charge >= 0.3 is 0 Å². The lowest BCUT2D eigenvalue weighted by atomic mass is 10.2. The number of nitrogens with zero attached hydrogens (tertiary/aromatic N) is 1. The van der Waals surface area contributed by atoms with E-state index in [2.05, 4.69) is 15.9 Å². The maximum atomic E-state index is 12.3. The number of hydrogen-bond acceptors (Lipinski definition) is 4. The van der Waals surface area contributed by atoms with Crippen molar-refractivity contribution in [3.63, 3.8) is 0 Å². The number of furan rings is 2. The molecule has 102 valence electrons. The van der Waals surface area contributed by atoms with Crippen molar-refractivity contribution in [3.05, 3.63) is 46.7 Å². The van der Waals surface area contributed by atoms with Crippen LogP contribution in [0.1, 0.15) is 16.1 Å². The Kier molecular flexibility index (Phi) is 4.81. The van der Waals surface area contributed by atoms with Crippen LogP contribution in [0.2, 0.25) is 0 Å². The maximum Gasteiger partial charge on any atom is 0.257 e. The monoisotopic (exact) mass is 327 g/mol. The molecule has 0 spiro atoms. The minimum Gasteiger partial charge on any atom is -0.467 e. The van der Waals surface area contributed by atoms with Crippen LogP contribution in [0.5, 0.6) is 0 Å². The van der Waals surface area contributed by atoms with Gasteiger partial charge in [-0.25, -0.2) is 0 Å². The number of rotatable bonds is 6. The molecule has 1 amide bonds. The predicted molar refractivity (Wildman–Crippen MR) is 71.7 cm³/mol. The molecule has 0 aliphatic carbocycles. The predicted octanol–water partition coefficient (Wildman–Crippen LogP) is 2.92. The largest absolute Gasteiger partial charge is 0.467 e. The molecule has 2 heterocycles. The molecule has 2 rings (SSSR count). The van der Waals surface area contributed by atoms with Crippen LogP contribution in [0.15, 0.2) is 44.2 Å². The Hall–Kier alpha value is -1.53. The molecule has 5 nitrogen and oxygen atoms in total. The van der Waals surface area contributed by atoms with Crippen LogP contribution in [-0.4, -0.2) is 31.1 Å². The smallest absolute Gasteiger partial charge is 0.257 e. The van der Waals surface area contributed by atoms with Gasteiger partial charge in [-0.15, -0.1) is 0 Å². The second kappa shape index (κ2) is 6.58. The van der Waals surface area contributed by atoms with Crippen molar-refractivity contribution in [1.82, 2.24) is 4.90 Å². The molecule has 0 N–H and O–H groups in total. The first-order valence-electron chi connectivity index (χ1n) is 5.75. The molecule has 19 heavy (non-hydrogen) atoms. The van der Waals surface area contributed by atoms with Gasteiger partial charge in [-0.3, -0.25) is 4.79 Å². The number of amides is 1. The van der Waals surface area contributed by atoms with Crippen LogP contribution in [0.4, 0.5) is 0 Å². The van der Waals surface area contributed by atoms with E-state index in [4.69, 9.17) is 13.6 Å². The van der Waals surface area contributed by atoms with Crippen LogP contribution in [0, 0.1) is 0 Å². The fraction of sp³-hybridized carbons (Fsp3) is 0.308. The van der Waals surface area contributed by atoms with E-state index in [-0.39, 0.29) is 5.91 Å². The molecule has 0 aliphatic rings. The van der Waals surface area contributed by atoms with Gasteiger partial charge in [0, 0.05) is 19.7 Å². The summed E-state index contributed by atoms with van der Waals surface area (Å²) < 4.78 is 15.9. The van der Waals surface area contributed by atoms with Crippen molar-refractivity contribution in [1.29, 1.82) is 0 Å². The third-order valence-electron chi connectivity index (χ3n) is 2.59. The zero-order chi connectivity index (χ0) is 13.7. The van der Waals surface area contributed by atoms with Gasteiger partial charge in [0.25, 0.3) is 5.91 Å². The van der Waals surface area contributed by atoms with Gasteiger partial charge in [0.2, 0.25) is 0 Å². The summed E-state index contributed by atoms with van der Waals surface area (Å²) in [6.45, 7) is 1.35. The SMILES string of the molecule is COCCN(Cc1ccco1)C(=O)c1coc(Br)c1. The van der Waals surface area contributed by atoms with Crippen molar-refractivity contribution < 1.29 is 18.4 Å². The molecule has 0 bridgehead atoms. The molecular formula is C13H14BrNO4. The van der Waals surface area contributed by atoms with E-state index in [1.807, 2.05) is 6.07 Å². The van der Waals surface area contributed by atoms with Crippen molar-refractivity contribution in [2.45, 2.75) is 6.54 Å². The summed E-state index contributed by atoms with van der Waals surface area (Å²) in [4.78, 5) is 14.0. The molecule has 0 aliphatic heterocycles. The molecule has 0 atom stereocenters. The number of carbonyl (C=O) groups excluding carboxylic acids is 1. The molecule has 0 saturated carbocycles.